The third-order valence-corrected chi connectivity index (χ3v) is 7.91. The van der Waals surface area contributed by atoms with E-state index in [4.69, 9.17) is 0 Å². The lowest BCUT2D eigenvalue weighted by Gasteiger charge is -2.25. The molecule has 0 radical (unpaired) electrons. The lowest BCUT2D eigenvalue weighted by Crippen LogP contribution is -2.52. The minimum atomic E-state index is -1.94. The van der Waals surface area contributed by atoms with E-state index >= 15 is 0 Å². The number of likely N-dealkylation sites (tertiary alicyclic amines) is 1. The predicted molar refractivity (Wildman–Crippen MR) is 156 cm³/mol. The summed E-state index contributed by atoms with van der Waals surface area (Å²) in [7, 11) is 0. The van der Waals surface area contributed by atoms with Crippen LogP contribution < -0.4 is 5.32 Å². The topological polar surface area (TPSA) is 154 Å². The summed E-state index contributed by atoms with van der Waals surface area (Å²) < 4.78 is 0. The van der Waals surface area contributed by atoms with Crippen LogP contribution in [-0.4, -0.2) is 85.7 Å². The first-order valence-corrected chi connectivity index (χ1v) is 14.6. The van der Waals surface area contributed by atoms with Crippen LogP contribution in [0, 0.1) is 0 Å². The van der Waals surface area contributed by atoms with Crippen molar-refractivity contribution < 1.29 is 34.2 Å². The van der Waals surface area contributed by atoms with Crippen molar-refractivity contribution in [1.29, 1.82) is 0 Å². The predicted octanol–water partition coefficient (Wildman–Crippen LogP) is 1.83. The third-order valence-electron chi connectivity index (χ3n) is 6.84. The molecule has 3 aromatic rings. The monoisotopic (exact) mass is 589 g/mol. The highest BCUT2D eigenvalue weighted by Crippen LogP contribution is 2.16. The molecule has 3 N–H and O–H groups in total. The molecule has 0 spiro atoms. The molecule has 4 rings (SSSR count). The van der Waals surface area contributed by atoms with Crippen molar-refractivity contribution in [3.8, 4) is 0 Å². The Morgan fingerprint density at radius 2 is 1.45 bits per heavy atom. The van der Waals surface area contributed by atoms with Crippen molar-refractivity contribution >= 4 is 41.0 Å². The number of imide groups is 1. The molecule has 0 bridgehead atoms. The molecule has 1 aliphatic heterocycles. The second kappa shape index (κ2) is 14.6. The number of pyridine rings is 1. The molecule has 1 fully saturated rings. The fraction of sp³-hybridized carbons (Fsp3) is 0.290. The smallest absolute Gasteiger partial charge is 0.251 e. The van der Waals surface area contributed by atoms with Crippen molar-refractivity contribution in [3.63, 3.8) is 0 Å². The van der Waals surface area contributed by atoms with Gasteiger partial charge in [0.15, 0.2) is 11.6 Å². The molecule has 218 valence electrons. The zero-order valence-electron chi connectivity index (χ0n) is 22.7. The Balaban J connectivity index is 1.43. The zero-order valence-corrected chi connectivity index (χ0v) is 23.5. The number of aryl methyl sites for hydroxylation is 1. The SMILES string of the molecule is O=C(NC(CSCCc1ccncc1)C(=O)C(O)C(O)CN1C(=O)CCC1=O)c1ccc(C(=O)c2ccccc2)cc1. The van der Waals surface area contributed by atoms with Crippen LogP contribution in [0.15, 0.2) is 79.1 Å². The summed E-state index contributed by atoms with van der Waals surface area (Å²) in [5.41, 5.74) is 2.14. The number of aromatic nitrogens is 1. The fourth-order valence-corrected chi connectivity index (χ4v) is 5.45. The molecule has 1 aromatic heterocycles. The van der Waals surface area contributed by atoms with Gasteiger partial charge in [-0.3, -0.25) is 33.9 Å². The van der Waals surface area contributed by atoms with E-state index < -0.39 is 48.3 Å². The number of amides is 3. The van der Waals surface area contributed by atoms with Crippen molar-refractivity contribution in [2.24, 2.45) is 0 Å². The number of β-amino-alcohol motifs (C(OH)–C–C–N with tert-alkyl or cyclic N) is 1. The number of carbonyl (C=O) groups excluding carboxylic acids is 5. The van der Waals surface area contributed by atoms with Crippen LogP contribution in [-0.2, 0) is 20.8 Å². The van der Waals surface area contributed by atoms with Crippen LogP contribution in [0.3, 0.4) is 0 Å². The molecule has 2 aromatic carbocycles. The largest absolute Gasteiger partial charge is 0.388 e. The normalized spacial score (nSPS) is 15.2. The number of aliphatic hydroxyl groups excluding tert-OH is 2. The Morgan fingerprint density at radius 3 is 2.10 bits per heavy atom. The van der Waals surface area contributed by atoms with E-state index in [-0.39, 0.29) is 29.9 Å². The number of carbonyl (C=O) groups is 5. The van der Waals surface area contributed by atoms with Gasteiger partial charge in [0.2, 0.25) is 11.8 Å². The van der Waals surface area contributed by atoms with Crippen LogP contribution in [0.1, 0.15) is 44.7 Å². The van der Waals surface area contributed by atoms with Crippen molar-refractivity contribution in [1.82, 2.24) is 15.2 Å². The first-order valence-electron chi connectivity index (χ1n) is 13.4. The Labute approximate surface area is 247 Å². The zero-order chi connectivity index (χ0) is 30.1. The van der Waals surface area contributed by atoms with E-state index in [1.54, 1.807) is 42.7 Å². The van der Waals surface area contributed by atoms with E-state index in [2.05, 4.69) is 10.3 Å². The maximum Gasteiger partial charge on any atom is 0.251 e. The molecule has 10 nitrogen and oxygen atoms in total. The van der Waals surface area contributed by atoms with E-state index in [1.807, 2.05) is 12.1 Å². The first kappa shape index (κ1) is 30.8. The molecule has 11 heteroatoms. The summed E-state index contributed by atoms with van der Waals surface area (Å²) in [4.78, 5) is 67.8. The number of nitrogens with one attached hydrogen (secondary N) is 1. The first-order chi connectivity index (χ1) is 20.2. The molecule has 2 heterocycles. The van der Waals surface area contributed by atoms with Crippen molar-refractivity contribution in [3.05, 3.63) is 101 Å². The second-order valence-corrected chi connectivity index (χ2v) is 10.9. The molecule has 1 aliphatic rings. The molecule has 0 aliphatic carbocycles. The number of hydrogen-bond acceptors (Lipinski definition) is 9. The molecule has 3 atom stereocenters. The standard InChI is InChI=1S/C31H31N3O7S/c35-25(18-34-26(36)10-11-27(34)37)30(40)29(39)24(19-42-17-14-20-12-15-32-16-13-20)33-31(41)23-8-6-22(7-9-23)28(38)21-4-2-1-3-5-21/h1-9,12-13,15-16,24-25,30,35,40H,10-11,14,17-19H2,(H,33,41). The van der Waals surface area contributed by atoms with Gasteiger partial charge in [-0.05, 0) is 42.0 Å². The van der Waals surface area contributed by atoms with Gasteiger partial charge >= 0.3 is 0 Å². The average Bonchev–Trinajstić information content (AvgIpc) is 3.34. The van der Waals surface area contributed by atoms with E-state index in [9.17, 15) is 34.2 Å². The second-order valence-electron chi connectivity index (χ2n) is 9.79. The van der Waals surface area contributed by atoms with Gasteiger partial charge < -0.3 is 15.5 Å². The number of hydrogen-bond donors (Lipinski definition) is 3. The lowest BCUT2D eigenvalue weighted by molar-refractivity contribution is -0.145. The molecule has 3 unspecified atom stereocenters. The van der Waals surface area contributed by atoms with E-state index in [0.717, 1.165) is 10.5 Å². The minimum absolute atomic E-state index is 0.0120. The lowest BCUT2D eigenvalue weighted by atomic mass is 10.0. The summed E-state index contributed by atoms with van der Waals surface area (Å²) in [6.45, 7) is -0.517. The number of rotatable bonds is 14. The number of benzene rings is 2. The van der Waals surface area contributed by atoms with Gasteiger partial charge in [-0.25, -0.2) is 0 Å². The third kappa shape index (κ3) is 7.96. The van der Waals surface area contributed by atoms with Gasteiger partial charge in [-0.1, -0.05) is 42.5 Å². The van der Waals surface area contributed by atoms with Gasteiger partial charge in [-0.2, -0.15) is 11.8 Å². The minimum Gasteiger partial charge on any atom is -0.388 e. The maximum atomic E-state index is 13.3. The molecular formula is C31H31N3O7S. The number of ketones is 2. The fourth-order valence-electron chi connectivity index (χ4n) is 4.42. The number of Topliss-reactive ketones (excluding diaryl/α,β-unsaturated/α-hetero) is 1. The number of nitrogens with zero attached hydrogens (tertiary/aromatic N) is 2. The summed E-state index contributed by atoms with van der Waals surface area (Å²) in [6, 6.07) is 17.3. The van der Waals surface area contributed by atoms with Crippen LogP contribution in [0.2, 0.25) is 0 Å². The molecule has 0 saturated carbocycles. The van der Waals surface area contributed by atoms with E-state index in [1.165, 1.54) is 36.0 Å². The van der Waals surface area contributed by atoms with Gasteiger partial charge in [0.25, 0.3) is 5.91 Å². The summed E-state index contributed by atoms with van der Waals surface area (Å²) in [5, 5.41) is 23.8. The van der Waals surface area contributed by atoms with Gasteiger partial charge in [0, 0.05) is 47.7 Å². The average molecular weight is 590 g/mol. The Kier molecular flexibility index (Phi) is 10.7. The Bertz CT molecular complexity index is 1400. The highest BCUT2D eigenvalue weighted by molar-refractivity contribution is 7.99. The highest BCUT2D eigenvalue weighted by Gasteiger charge is 2.37. The van der Waals surface area contributed by atoms with Crippen LogP contribution in [0.25, 0.3) is 0 Å². The highest BCUT2D eigenvalue weighted by atomic mass is 32.2. The molecular weight excluding hydrogens is 558 g/mol. The molecule has 42 heavy (non-hydrogen) atoms. The quantitative estimate of drug-likeness (QED) is 0.145. The van der Waals surface area contributed by atoms with E-state index in [0.29, 0.717) is 23.3 Å². The van der Waals surface area contributed by atoms with Crippen molar-refractivity contribution in [2.75, 3.05) is 18.1 Å². The molecule has 1 saturated heterocycles. The number of thioether (sulfide) groups is 1. The van der Waals surface area contributed by atoms with Crippen molar-refractivity contribution in [2.45, 2.75) is 37.5 Å². The van der Waals surface area contributed by atoms with Crippen LogP contribution in [0.5, 0.6) is 0 Å². The maximum absolute atomic E-state index is 13.3. The van der Waals surface area contributed by atoms with Gasteiger partial charge in [-0.15, -0.1) is 0 Å². The number of aliphatic hydroxyl groups is 2. The Hall–Kier alpha value is -4.19. The summed E-state index contributed by atoms with van der Waals surface area (Å²) in [6.07, 6.45) is 0.410. The van der Waals surface area contributed by atoms with Gasteiger partial charge in [0.05, 0.1) is 12.6 Å². The Morgan fingerprint density at radius 1 is 0.857 bits per heavy atom. The van der Waals surface area contributed by atoms with Gasteiger partial charge in [0.1, 0.15) is 12.2 Å². The van der Waals surface area contributed by atoms with Crippen LogP contribution in [0.4, 0.5) is 0 Å². The summed E-state index contributed by atoms with van der Waals surface area (Å²) >= 11 is 1.38. The summed E-state index contributed by atoms with van der Waals surface area (Å²) in [5.74, 6) is -1.90. The molecule has 3 amide bonds. The van der Waals surface area contributed by atoms with Crippen LogP contribution >= 0.6 is 11.8 Å².